The Morgan fingerprint density at radius 3 is 2.64 bits per heavy atom. The van der Waals surface area contributed by atoms with Crippen molar-refractivity contribution in [2.75, 3.05) is 0 Å². The number of aryl methyl sites for hydroxylation is 1. The average Bonchev–Trinajstić information content (AvgIpc) is 3.36. The number of hydrogen-bond donors (Lipinski definition) is 0. The van der Waals surface area contributed by atoms with Gasteiger partial charge < -0.3 is 4.57 Å². The third-order valence-electron chi connectivity index (χ3n) is 5.10. The van der Waals surface area contributed by atoms with Crippen molar-refractivity contribution in [3.8, 4) is 11.3 Å². The van der Waals surface area contributed by atoms with Crippen molar-refractivity contribution in [2.45, 2.75) is 45.6 Å². The summed E-state index contributed by atoms with van der Waals surface area (Å²) in [6.45, 7) is 4.44. The molecule has 0 radical (unpaired) electrons. The Hall–Kier alpha value is -1.58. The lowest BCUT2D eigenvalue weighted by Crippen LogP contribution is -2.13. The second-order valence-corrected chi connectivity index (χ2v) is 7.56. The molecular formula is C20H21Cl2N3. The van der Waals surface area contributed by atoms with Crippen LogP contribution in [0, 0.1) is 5.92 Å². The van der Waals surface area contributed by atoms with Crippen LogP contribution >= 0.6 is 23.2 Å². The maximum Gasteiger partial charge on any atom is 0.115 e. The van der Waals surface area contributed by atoms with Crippen molar-refractivity contribution >= 4 is 34.2 Å². The highest BCUT2D eigenvalue weighted by Crippen LogP contribution is 2.44. The van der Waals surface area contributed by atoms with E-state index in [1.807, 2.05) is 18.3 Å². The lowest BCUT2D eigenvalue weighted by atomic mass is 10.1. The predicted molar refractivity (Wildman–Crippen MR) is 104 cm³/mol. The maximum absolute atomic E-state index is 6.44. The molecule has 4 rings (SSSR count). The van der Waals surface area contributed by atoms with Crippen LogP contribution in [0.25, 0.3) is 22.3 Å². The molecule has 1 aliphatic carbocycles. The van der Waals surface area contributed by atoms with Crippen LogP contribution in [0.15, 0.2) is 30.5 Å². The zero-order chi connectivity index (χ0) is 17.6. The smallest absolute Gasteiger partial charge is 0.115 e. The molecule has 1 aliphatic rings. The minimum Gasteiger partial charge on any atom is -0.324 e. The number of hydrogen-bond acceptors (Lipinski definition) is 2. The summed E-state index contributed by atoms with van der Waals surface area (Å²) in [7, 11) is 0. The van der Waals surface area contributed by atoms with Crippen molar-refractivity contribution < 1.29 is 0 Å². The first-order valence-electron chi connectivity index (χ1n) is 8.95. The molecule has 1 atom stereocenters. The summed E-state index contributed by atoms with van der Waals surface area (Å²) in [6.07, 6.45) is 6.54. The number of pyridine rings is 1. The first-order chi connectivity index (χ1) is 12.1. The van der Waals surface area contributed by atoms with Crippen LogP contribution in [0.3, 0.4) is 0 Å². The standard InChI is InChI=1S/C20H21Cl2N3/c1-3-16(12-5-6-12)25-17-9-10-23-19(20(17)24-18(25)4-2)14-8-7-13(21)11-15(14)22/h7-12,16H,3-6H2,1-2H3. The summed E-state index contributed by atoms with van der Waals surface area (Å²) in [5, 5.41) is 1.23. The van der Waals surface area contributed by atoms with E-state index in [0.29, 0.717) is 16.1 Å². The van der Waals surface area contributed by atoms with Crippen molar-refractivity contribution in [3.05, 3.63) is 46.3 Å². The van der Waals surface area contributed by atoms with E-state index in [1.54, 1.807) is 6.07 Å². The normalized spacial score (nSPS) is 15.7. The van der Waals surface area contributed by atoms with E-state index in [-0.39, 0.29) is 0 Å². The van der Waals surface area contributed by atoms with Crippen molar-refractivity contribution in [2.24, 2.45) is 5.92 Å². The summed E-state index contributed by atoms with van der Waals surface area (Å²) in [5.41, 5.74) is 3.80. The molecule has 2 heterocycles. The second-order valence-electron chi connectivity index (χ2n) is 6.72. The Kier molecular flexibility index (Phi) is 4.47. The minimum atomic E-state index is 0.524. The molecule has 1 aromatic carbocycles. The summed E-state index contributed by atoms with van der Waals surface area (Å²) in [6, 6.07) is 8.14. The van der Waals surface area contributed by atoms with Gasteiger partial charge in [0, 0.05) is 29.2 Å². The summed E-state index contributed by atoms with van der Waals surface area (Å²) in [4.78, 5) is 9.56. The highest BCUT2D eigenvalue weighted by Gasteiger charge is 2.33. The van der Waals surface area contributed by atoms with Crippen LogP contribution in [-0.2, 0) is 6.42 Å². The zero-order valence-corrected chi connectivity index (χ0v) is 16.0. The average molecular weight is 374 g/mol. The minimum absolute atomic E-state index is 0.524. The molecule has 130 valence electrons. The molecule has 1 unspecified atom stereocenters. The molecular weight excluding hydrogens is 353 g/mol. The fourth-order valence-electron chi connectivity index (χ4n) is 3.78. The first kappa shape index (κ1) is 16.9. The number of benzene rings is 1. The van der Waals surface area contributed by atoms with Gasteiger partial charge in [-0.1, -0.05) is 37.0 Å². The van der Waals surface area contributed by atoms with Gasteiger partial charge in [0.15, 0.2) is 0 Å². The number of nitrogens with zero attached hydrogens (tertiary/aromatic N) is 3. The molecule has 0 saturated heterocycles. The van der Waals surface area contributed by atoms with E-state index in [1.165, 1.54) is 12.8 Å². The van der Waals surface area contributed by atoms with Crippen LogP contribution in [0.2, 0.25) is 10.0 Å². The number of aromatic nitrogens is 3. The van der Waals surface area contributed by atoms with Crippen LogP contribution in [0.1, 0.15) is 45.0 Å². The number of halogens is 2. The molecule has 1 saturated carbocycles. The van der Waals surface area contributed by atoms with Gasteiger partial charge in [-0.2, -0.15) is 0 Å². The highest BCUT2D eigenvalue weighted by molar-refractivity contribution is 6.36. The van der Waals surface area contributed by atoms with Gasteiger partial charge in [0.2, 0.25) is 0 Å². The monoisotopic (exact) mass is 373 g/mol. The second kappa shape index (κ2) is 6.62. The molecule has 2 aromatic heterocycles. The number of imidazole rings is 1. The topological polar surface area (TPSA) is 30.7 Å². The molecule has 0 N–H and O–H groups in total. The fraction of sp³-hybridized carbons (Fsp3) is 0.400. The van der Waals surface area contributed by atoms with Gasteiger partial charge in [-0.25, -0.2) is 4.98 Å². The van der Waals surface area contributed by atoms with Gasteiger partial charge in [0.25, 0.3) is 0 Å². The van der Waals surface area contributed by atoms with Crippen molar-refractivity contribution in [3.63, 3.8) is 0 Å². The van der Waals surface area contributed by atoms with E-state index in [2.05, 4.69) is 29.5 Å². The third-order valence-corrected chi connectivity index (χ3v) is 5.65. The molecule has 0 bridgehead atoms. The Balaban J connectivity index is 1.94. The fourth-order valence-corrected chi connectivity index (χ4v) is 4.27. The Bertz CT molecular complexity index is 928. The maximum atomic E-state index is 6.44. The summed E-state index contributed by atoms with van der Waals surface area (Å²) >= 11 is 12.5. The Morgan fingerprint density at radius 1 is 1.20 bits per heavy atom. The molecule has 0 aliphatic heterocycles. The predicted octanol–water partition coefficient (Wildman–Crippen LogP) is 6.33. The highest BCUT2D eigenvalue weighted by atomic mass is 35.5. The quantitative estimate of drug-likeness (QED) is 0.523. The van der Waals surface area contributed by atoms with Gasteiger partial charge in [-0.15, -0.1) is 0 Å². The Labute approximate surface area is 158 Å². The molecule has 5 heteroatoms. The lowest BCUT2D eigenvalue weighted by molar-refractivity contribution is 0.429. The molecule has 1 fully saturated rings. The van der Waals surface area contributed by atoms with Crippen molar-refractivity contribution in [1.29, 1.82) is 0 Å². The van der Waals surface area contributed by atoms with E-state index in [0.717, 1.165) is 46.9 Å². The van der Waals surface area contributed by atoms with Crippen LogP contribution in [0.4, 0.5) is 0 Å². The van der Waals surface area contributed by atoms with Crippen LogP contribution in [-0.4, -0.2) is 14.5 Å². The van der Waals surface area contributed by atoms with Gasteiger partial charge in [0.1, 0.15) is 11.3 Å². The summed E-state index contributed by atoms with van der Waals surface area (Å²) < 4.78 is 2.45. The lowest BCUT2D eigenvalue weighted by Gasteiger charge is -2.19. The van der Waals surface area contributed by atoms with Crippen LogP contribution < -0.4 is 0 Å². The SMILES string of the molecule is CCc1nc2c(-c3ccc(Cl)cc3Cl)nccc2n1C(CC)C1CC1. The van der Waals surface area contributed by atoms with Crippen LogP contribution in [0.5, 0.6) is 0 Å². The van der Waals surface area contributed by atoms with E-state index >= 15 is 0 Å². The zero-order valence-electron chi connectivity index (χ0n) is 14.5. The van der Waals surface area contributed by atoms with E-state index in [4.69, 9.17) is 28.2 Å². The molecule has 3 nitrogen and oxygen atoms in total. The summed E-state index contributed by atoms with van der Waals surface area (Å²) in [5.74, 6) is 1.91. The van der Waals surface area contributed by atoms with Gasteiger partial charge in [-0.05, 0) is 49.4 Å². The molecule has 25 heavy (non-hydrogen) atoms. The van der Waals surface area contributed by atoms with E-state index < -0.39 is 0 Å². The van der Waals surface area contributed by atoms with Gasteiger partial charge >= 0.3 is 0 Å². The molecule has 0 amide bonds. The number of rotatable bonds is 5. The van der Waals surface area contributed by atoms with Gasteiger partial charge in [-0.3, -0.25) is 4.98 Å². The molecule has 3 aromatic rings. The van der Waals surface area contributed by atoms with Crippen molar-refractivity contribution in [1.82, 2.24) is 14.5 Å². The third kappa shape index (κ3) is 2.94. The van der Waals surface area contributed by atoms with E-state index in [9.17, 15) is 0 Å². The first-order valence-corrected chi connectivity index (χ1v) is 9.70. The largest absolute Gasteiger partial charge is 0.324 e. The number of fused-ring (bicyclic) bond motifs is 1. The van der Waals surface area contributed by atoms with Gasteiger partial charge in [0.05, 0.1) is 16.2 Å². The Morgan fingerprint density at radius 2 is 2.00 bits per heavy atom. The molecule has 0 spiro atoms.